The summed E-state index contributed by atoms with van der Waals surface area (Å²) in [6.45, 7) is 2.69. The van der Waals surface area contributed by atoms with Crippen molar-refractivity contribution in [2.75, 3.05) is 25.5 Å². The van der Waals surface area contributed by atoms with E-state index in [1.165, 1.54) is 0 Å². The minimum Gasteiger partial charge on any atom is -0.490 e. The number of alkyl halides is 3. The lowest BCUT2D eigenvalue weighted by Gasteiger charge is -2.15. The highest BCUT2D eigenvalue weighted by Gasteiger charge is 2.27. The van der Waals surface area contributed by atoms with Gasteiger partial charge in [0.1, 0.15) is 0 Å². The molecule has 0 radical (unpaired) electrons. The lowest BCUT2D eigenvalue weighted by atomic mass is 10.1. The van der Waals surface area contributed by atoms with E-state index in [9.17, 15) is 13.2 Å². The van der Waals surface area contributed by atoms with E-state index < -0.39 is 5.51 Å². The molecule has 3 nitrogen and oxygen atoms in total. The number of benzene rings is 1. The maximum Gasteiger partial charge on any atom is 0.441 e. The number of hydrogen-bond acceptors (Lipinski definition) is 4. The van der Waals surface area contributed by atoms with Crippen LogP contribution in [0, 0.1) is 0 Å². The molecule has 2 N–H and O–H groups in total. The van der Waals surface area contributed by atoms with E-state index in [1.807, 2.05) is 19.1 Å². The molecule has 1 aromatic carbocycles. The van der Waals surface area contributed by atoms with Crippen LogP contribution in [-0.4, -0.2) is 31.0 Å². The van der Waals surface area contributed by atoms with E-state index in [0.29, 0.717) is 31.1 Å². The molecule has 0 unspecified atom stereocenters. The first-order valence-corrected chi connectivity index (χ1v) is 7.24. The topological polar surface area (TPSA) is 44.5 Å². The molecule has 7 heteroatoms. The van der Waals surface area contributed by atoms with Crippen molar-refractivity contribution in [1.82, 2.24) is 0 Å². The van der Waals surface area contributed by atoms with E-state index in [2.05, 4.69) is 0 Å². The summed E-state index contributed by atoms with van der Waals surface area (Å²) in [7, 11) is 0. The van der Waals surface area contributed by atoms with Crippen molar-refractivity contribution >= 4 is 11.8 Å². The zero-order valence-corrected chi connectivity index (χ0v) is 12.0. The van der Waals surface area contributed by atoms with E-state index in [0.717, 1.165) is 5.56 Å². The Morgan fingerprint density at radius 3 is 2.60 bits per heavy atom. The third-order valence-corrected chi connectivity index (χ3v) is 3.07. The Morgan fingerprint density at radius 1 is 1.25 bits per heavy atom. The molecule has 0 amide bonds. The van der Waals surface area contributed by atoms with Crippen LogP contribution in [0.5, 0.6) is 11.5 Å². The summed E-state index contributed by atoms with van der Waals surface area (Å²) in [5, 5.41) is 0. The third kappa shape index (κ3) is 5.92. The van der Waals surface area contributed by atoms with Crippen LogP contribution in [0.15, 0.2) is 18.2 Å². The number of thioether (sulfide) groups is 1. The van der Waals surface area contributed by atoms with Crippen LogP contribution in [0.3, 0.4) is 0 Å². The largest absolute Gasteiger partial charge is 0.490 e. The molecule has 0 spiro atoms. The summed E-state index contributed by atoms with van der Waals surface area (Å²) in [6, 6.07) is 5.38. The standard InChI is InChI=1S/C13H18F3NO2S/c1-2-18-11-5-3-4-10(6-7-17)12(11)19-8-9-20-13(14,15)16/h3-5H,2,6-9,17H2,1H3. The van der Waals surface area contributed by atoms with Gasteiger partial charge in [0, 0.05) is 5.75 Å². The summed E-state index contributed by atoms with van der Waals surface area (Å²) >= 11 is -0.0993. The Bertz CT molecular complexity index is 389. The second-order valence-electron chi connectivity index (χ2n) is 3.86. The van der Waals surface area contributed by atoms with Gasteiger partial charge in [-0.3, -0.25) is 0 Å². The molecule has 0 saturated carbocycles. The summed E-state index contributed by atoms with van der Waals surface area (Å²) in [6.07, 6.45) is 0.586. The second-order valence-corrected chi connectivity index (χ2v) is 5.02. The van der Waals surface area contributed by atoms with Gasteiger partial charge in [0.25, 0.3) is 0 Å². The molecule has 1 rings (SSSR count). The minimum atomic E-state index is -4.23. The number of halogens is 3. The molecular weight excluding hydrogens is 291 g/mol. The van der Waals surface area contributed by atoms with Crippen molar-refractivity contribution in [3.63, 3.8) is 0 Å². The van der Waals surface area contributed by atoms with Gasteiger partial charge in [0.05, 0.1) is 13.2 Å². The molecule has 0 aliphatic heterocycles. The van der Waals surface area contributed by atoms with Crippen molar-refractivity contribution in [1.29, 1.82) is 0 Å². The van der Waals surface area contributed by atoms with E-state index in [1.54, 1.807) is 6.07 Å². The van der Waals surface area contributed by atoms with Gasteiger partial charge in [-0.1, -0.05) is 12.1 Å². The van der Waals surface area contributed by atoms with Crippen molar-refractivity contribution < 1.29 is 22.6 Å². The van der Waals surface area contributed by atoms with Gasteiger partial charge in [-0.25, -0.2) is 0 Å². The van der Waals surface area contributed by atoms with Crippen molar-refractivity contribution in [3.8, 4) is 11.5 Å². The Labute approximate surface area is 120 Å². The summed E-state index contributed by atoms with van der Waals surface area (Å²) in [5.74, 6) is 0.865. The fourth-order valence-electron chi connectivity index (χ4n) is 1.65. The fraction of sp³-hybridized carbons (Fsp3) is 0.538. The number of hydrogen-bond donors (Lipinski definition) is 1. The van der Waals surface area contributed by atoms with Crippen molar-refractivity contribution in [2.45, 2.75) is 18.9 Å². The van der Waals surface area contributed by atoms with Crippen LogP contribution < -0.4 is 15.2 Å². The second kappa shape index (κ2) is 8.26. The molecule has 0 heterocycles. The molecule has 0 aromatic heterocycles. The highest BCUT2D eigenvalue weighted by Crippen LogP contribution is 2.33. The monoisotopic (exact) mass is 309 g/mol. The Hall–Kier alpha value is -1.08. The van der Waals surface area contributed by atoms with Crippen LogP contribution in [0.1, 0.15) is 12.5 Å². The summed E-state index contributed by atoms with van der Waals surface area (Å²) < 4.78 is 47.0. The number of rotatable bonds is 8. The Kier molecular flexibility index (Phi) is 7.01. The van der Waals surface area contributed by atoms with Crippen LogP contribution in [-0.2, 0) is 6.42 Å². The van der Waals surface area contributed by atoms with Gasteiger partial charge < -0.3 is 15.2 Å². The highest BCUT2D eigenvalue weighted by molar-refractivity contribution is 8.00. The van der Waals surface area contributed by atoms with Crippen LogP contribution in [0.4, 0.5) is 13.2 Å². The number of para-hydroxylation sites is 1. The molecule has 0 bridgehead atoms. The fourth-order valence-corrected chi connectivity index (χ4v) is 2.05. The Morgan fingerprint density at radius 2 is 2.00 bits per heavy atom. The van der Waals surface area contributed by atoms with Crippen LogP contribution in [0.25, 0.3) is 0 Å². The first-order chi connectivity index (χ1) is 9.48. The van der Waals surface area contributed by atoms with Crippen molar-refractivity contribution in [3.05, 3.63) is 23.8 Å². The molecule has 114 valence electrons. The average Bonchev–Trinajstić information content (AvgIpc) is 2.36. The molecule has 0 aliphatic rings. The summed E-state index contributed by atoms with van der Waals surface area (Å²) in [4.78, 5) is 0. The smallest absolute Gasteiger partial charge is 0.441 e. The Balaban J connectivity index is 2.69. The highest BCUT2D eigenvalue weighted by atomic mass is 32.2. The minimum absolute atomic E-state index is 0.0359. The molecule has 0 aliphatic carbocycles. The van der Waals surface area contributed by atoms with Gasteiger partial charge in [-0.2, -0.15) is 13.2 Å². The molecule has 1 aromatic rings. The van der Waals surface area contributed by atoms with E-state index >= 15 is 0 Å². The molecule has 0 fully saturated rings. The zero-order chi connectivity index (χ0) is 15.0. The first kappa shape index (κ1) is 17.0. The van der Waals surface area contributed by atoms with E-state index in [4.69, 9.17) is 15.2 Å². The normalized spacial score (nSPS) is 11.4. The summed E-state index contributed by atoms with van der Waals surface area (Å²) in [5.41, 5.74) is 2.13. The average molecular weight is 309 g/mol. The maximum atomic E-state index is 12.0. The third-order valence-electron chi connectivity index (χ3n) is 2.37. The zero-order valence-electron chi connectivity index (χ0n) is 11.2. The lowest BCUT2D eigenvalue weighted by molar-refractivity contribution is -0.0329. The van der Waals surface area contributed by atoms with Gasteiger partial charge in [0.15, 0.2) is 11.5 Å². The molecule has 0 saturated heterocycles. The lowest BCUT2D eigenvalue weighted by Crippen LogP contribution is -2.11. The number of nitrogens with two attached hydrogens (primary N) is 1. The van der Waals surface area contributed by atoms with Gasteiger partial charge in [-0.05, 0) is 43.3 Å². The van der Waals surface area contributed by atoms with Crippen LogP contribution in [0.2, 0.25) is 0 Å². The number of ether oxygens (including phenoxy) is 2. The molecule has 20 heavy (non-hydrogen) atoms. The SMILES string of the molecule is CCOc1cccc(CCN)c1OCCSC(F)(F)F. The van der Waals surface area contributed by atoms with Gasteiger partial charge in [0.2, 0.25) is 0 Å². The van der Waals surface area contributed by atoms with Crippen LogP contribution >= 0.6 is 11.8 Å². The quantitative estimate of drug-likeness (QED) is 0.749. The molecule has 0 atom stereocenters. The molecular formula is C13H18F3NO2S. The maximum absolute atomic E-state index is 12.0. The van der Waals surface area contributed by atoms with Gasteiger partial charge >= 0.3 is 5.51 Å². The van der Waals surface area contributed by atoms with E-state index in [-0.39, 0.29) is 24.1 Å². The predicted molar refractivity (Wildman–Crippen MR) is 74.4 cm³/mol. The van der Waals surface area contributed by atoms with Crippen molar-refractivity contribution in [2.24, 2.45) is 5.73 Å². The predicted octanol–water partition coefficient (Wildman–Crippen LogP) is 3.22. The van der Waals surface area contributed by atoms with Gasteiger partial charge in [-0.15, -0.1) is 0 Å². The first-order valence-electron chi connectivity index (χ1n) is 6.26.